The van der Waals surface area contributed by atoms with Crippen LogP contribution in [0.2, 0.25) is 0 Å². The molecule has 2 atom stereocenters. The highest BCUT2D eigenvalue weighted by Crippen LogP contribution is 2.17. The second kappa shape index (κ2) is 14.0. The lowest BCUT2D eigenvalue weighted by molar-refractivity contribution is -0.134. The Morgan fingerprint density at radius 2 is 1.54 bits per heavy atom. The smallest absolute Gasteiger partial charge is 0.248 e. The van der Waals surface area contributed by atoms with Gasteiger partial charge in [-0.2, -0.15) is 0 Å². The molecule has 0 fully saturated rings. The Hall–Kier alpha value is -3.86. The highest BCUT2D eigenvalue weighted by molar-refractivity contribution is 5.99. The number of aryl methyl sites for hydroxylation is 1. The Bertz CT molecular complexity index is 1180. The van der Waals surface area contributed by atoms with Gasteiger partial charge in [-0.05, 0) is 29.9 Å². The molecule has 1 aromatic heterocycles. The SMILES string of the molecule is NCCN(CCN)C(=O)C[C@H](N)C(=O)N[C@@H](CCc1ccccc1)C(=O)Nc1cc2ccccc2cn1. The molecular formula is C27H35N7O3. The molecule has 3 rings (SSSR count). The highest BCUT2D eigenvalue weighted by Gasteiger charge is 2.26. The number of carbonyl (C=O) groups is 3. The fourth-order valence-corrected chi connectivity index (χ4v) is 3.95. The molecule has 3 amide bonds. The molecule has 0 aliphatic carbocycles. The van der Waals surface area contributed by atoms with E-state index >= 15 is 0 Å². The zero-order valence-corrected chi connectivity index (χ0v) is 20.8. The van der Waals surface area contributed by atoms with Gasteiger partial charge < -0.3 is 32.7 Å². The van der Waals surface area contributed by atoms with Crippen molar-refractivity contribution in [3.05, 3.63) is 72.4 Å². The second-order valence-corrected chi connectivity index (χ2v) is 8.76. The zero-order chi connectivity index (χ0) is 26.6. The standard InChI is InChI=1S/C27H35N7O3/c28-12-14-34(15-13-29)25(35)17-22(30)26(36)32-23(11-10-19-6-2-1-3-7-19)27(37)33-24-16-20-8-4-5-9-21(20)18-31-24/h1-9,16,18,22-23H,10-15,17,28-30H2,(H,32,36)(H,31,33,37)/t22-,23-/m0/s1. The number of rotatable bonds is 13. The number of nitrogens with two attached hydrogens (primary N) is 3. The molecular weight excluding hydrogens is 470 g/mol. The van der Waals surface area contributed by atoms with Gasteiger partial charge in [0.25, 0.3) is 0 Å². The normalized spacial score (nSPS) is 12.5. The summed E-state index contributed by atoms with van der Waals surface area (Å²) >= 11 is 0. The maximum absolute atomic E-state index is 13.2. The summed E-state index contributed by atoms with van der Waals surface area (Å²) < 4.78 is 0. The summed E-state index contributed by atoms with van der Waals surface area (Å²) in [5.74, 6) is -0.947. The van der Waals surface area contributed by atoms with Gasteiger partial charge in [-0.1, -0.05) is 54.6 Å². The topological polar surface area (TPSA) is 169 Å². The fraction of sp³-hybridized carbons (Fsp3) is 0.333. The van der Waals surface area contributed by atoms with Crippen molar-refractivity contribution in [3.8, 4) is 0 Å². The van der Waals surface area contributed by atoms with E-state index in [4.69, 9.17) is 17.2 Å². The van der Waals surface area contributed by atoms with Gasteiger partial charge >= 0.3 is 0 Å². The third-order valence-electron chi connectivity index (χ3n) is 5.96. The molecule has 8 N–H and O–H groups in total. The Kier molecular flexibility index (Phi) is 10.5. The van der Waals surface area contributed by atoms with Crippen molar-refractivity contribution in [1.29, 1.82) is 0 Å². The molecule has 0 aliphatic rings. The lowest BCUT2D eigenvalue weighted by Crippen LogP contribution is -2.52. The molecule has 3 aromatic rings. The number of pyridine rings is 1. The van der Waals surface area contributed by atoms with Gasteiger partial charge in [-0.25, -0.2) is 4.98 Å². The molecule has 2 aromatic carbocycles. The average molecular weight is 506 g/mol. The lowest BCUT2D eigenvalue weighted by Gasteiger charge is -2.24. The number of carbonyl (C=O) groups excluding carboxylic acids is 3. The van der Waals surface area contributed by atoms with Crippen LogP contribution in [-0.4, -0.2) is 65.9 Å². The number of hydrogen-bond donors (Lipinski definition) is 5. The fourth-order valence-electron chi connectivity index (χ4n) is 3.95. The van der Waals surface area contributed by atoms with Crippen molar-refractivity contribution in [2.75, 3.05) is 31.5 Å². The third-order valence-corrected chi connectivity index (χ3v) is 5.96. The zero-order valence-electron chi connectivity index (χ0n) is 20.8. The van der Waals surface area contributed by atoms with E-state index in [0.29, 0.717) is 31.7 Å². The van der Waals surface area contributed by atoms with Crippen LogP contribution in [0.25, 0.3) is 10.8 Å². The largest absolute Gasteiger partial charge is 0.343 e. The maximum atomic E-state index is 13.2. The van der Waals surface area contributed by atoms with E-state index in [1.807, 2.05) is 54.6 Å². The Morgan fingerprint density at radius 3 is 2.22 bits per heavy atom. The number of amides is 3. The van der Waals surface area contributed by atoms with Crippen LogP contribution < -0.4 is 27.8 Å². The van der Waals surface area contributed by atoms with Crippen LogP contribution in [0, 0.1) is 0 Å². The van der Waals surface area contributed by atoms with Gasteiger partial charge in [0.1, 0.15) is 11.9 Å². The Balaban J connectivity index is 1.69. The van der Waals surface area contributed by atoms with Crippen molar-refractivity contribution < 1.29 is 14.4 Å². The van der Waals surface area contributed by atoms with E-state index in [0.717, 1.165) is 16.3 Å². The van der Waals surface area contributed by atoms with E-state index in [1.54, 1.807) is 12.3 Å². The molecule has 0 unspecified atom stereocenters. The van der Waals surface area contributed by atoms with Crippen LogP contribution in [0.3, 0.4) is 0 Å². The first-order valence-corrected chi connectivity index (χ1v) is 12.3. The Labute approximate surface area is 216 Å². The second-order valence-electron chi connectivity index (χ2n) is 8.76. The van der Waals surface area contributed by atoms with Crippen LogP contribution >= 0.6 is 0 Å². The molecule has 0 aliphatic heterocycles. The van der Waals surface area contributed by atoms with Crippen LogP contribution in [0.5, 0.6) is 0 Å². The maximum Gasteiger partial charge on any atom is 0.248 e. The molecule has 10 heteroatoms. The molecule has 10 nitrogen and oxygen atoms in total. The predicted molar refractivity (Wildman–Crippen MR) is 144 cm³/mol. The molecule has 0 bridgehead atoms. The van der Waals surface area contributed by atoms with Crippen LogP contribution in [0.4, 0.5) is 5.82 Å². The summed E-state index contributed by atoms with van der Waals surface area (Å²) in [6.07, 6.45) is 2.35. The van der Waals surface area contributed by atoms with E-state index in [1.165, 1.54) is 4.90 Å². The average Bonchev–Trinajstić information content (AvgIpc) is 2.91. The van der Waals surface area contributed by atoms with Crippen molar-refractivity contribution >= 4 is 34.3 Å². The van der Waals surface area contributed by atoms with Gasteiger partial charge in [0.05, 0.1) is 12.5 Å². The molecule has 37 heavy (non-hydrogen) atoms. The minimum atomic E-state index is -1.13. The van der Waals surface area contributed by atoms with Crippen molar-refractivity contribution in [2.24, 2.45) is 17.2 Å². The van der Waals surface area contributed by atoms with Gasteiger partial charge in [0.2, 0.25) is 17.7 Å². The minimum Gasteiger partial charge on any atom is -0.343 e. The van der Waals surface area contributed by atoms with Gasteiger partial charge in [0.15, 0.2) is 0 Å². The Morgan fingerprint density at radius 1 is 0.892 bits per heavy atom. The molecule has 0 spiro atoms. The summed E-state index contributed by atoms with van der Waals surface area (Å²) in [5, 5.41) is 7.40. The van der Waals surface area contributed by atoms with Crippen LogP contribution in [-0.2, 0) is 20.8 Å². The summed E-state index contributed by atoms with van der Waals surface area (Å²) in [5.41, 5.74) is 18.2. The minimum absolute atomic E-state index is 0.217. The van der Waals surface area contributed by atoms with Gasteiger partial charge in [-0.15, -0.1) is 0 Å². The van der Waals surface area contributed by atoms with E-state index < -0.39 is 23.9 Å². The lowest BCUT2D eigenvalue weighted by atomic mass is 10.0. The summed E-state index contributed by atoms with van der Waals surface area (Å²) in [6, 6.07) is 17.1. The van der Waals surface area contributed by atoms with Crippen LogP contribution in [0.1, 0.15) is 18.4 Å². The summed E-state index contributed by atoms with van der Waals surface area (Å²) in [7, 11) is 0. The molecule has 1 heterocycles. The quantitative estimate of drug-likeness (QED) is 0.228. The summed E-state index contributed by atoms with van der Waals surface area (Å²) in [4.78, 5) is 44.5. The first-order chi connectivity index (χ1) is 17.9. The number of hydrogen-bond acceptors (Lipinski definition) is 7. The number of nitrogens with one attached hydrogen (secondary N) is 2. The third kappa shape index (κ3) is 8.35. The van der Waals surface area contributed by atoms with E-state index in [-0.39, 0.29) is 25.4 Å². The molecule has 0 saturated heterocycles. The number of nitrogens with zero attached hydrogens (tertiary/aromatic N) is 2. The van der Waals surface area contributed by atoms with Gasteiger partial charge in [-0.3, -0.25) is 14.4 Å². The van der Waals surface area contributed by atoms with Gasteiger partial charge in [0, 0.05) is 37.8 Å². The number of benzene rings is 2. The number of fused-ring (bicyclic) bond motifs is 1. The number of anilines is 1. The predicted octanol–water partition coefficient (Wildman–Crippen LogP) is 0.754. The number of aromatic nitrogens is 1. The first-order valence-electron chi connectivity index (χ1n) is 12.3. The van der Waals surface area contributed by atoms with Crippen molar-refractivity contribution in [2.45, 2.75) is 31.3 Å². The van der Waals surface area contributed by atoms with Crippen molar-refractivity contribution in [1.82, 2.24) is 15.2 Å². The summed E-state index contributed by atoms with van der Waals surface area (Å²) in [6.45, 7) is 1.20. The first kappa shape index (κ1) is 27.7. The molecule has 0 saturated carbocycles. The van der Waals surface area contributed by atoms with Crippen LogP contribution in [0.15, 0.2) is 66.9 Å². The monoisotopic (exact) mass is 505 g/mol. The van der Waals surface area contributed by atoms with E-state index in [9.17, 15) is 14.4 Å². The molecule has 196 valence electrons. The van der Waals surface area contributed by atoms with E-state index in [2.05, 4.69) is 15.6 Å². The van der Waals surface area contributed by atoms with Crippen molar-refractivity contribution in [3.63, 3.8) is 0 Å². The highest BCUT2D eigenvalue weighted by atomic mass is 16.2. The molecule has 0 radical (unpaired) electrons.